The summed E-state index contributed by atoms with van der Waals surface area (Å²) in [7, 11) is -3.58. The fraction of sp³-hybridized carbons (Fsp3) is 0.211. The van der Waals surface area contributed by atoms with Gasteiger partial charge in [-0.2, -0.15) is 0 Å². The molecule has 1 aliphatic rings. The van der Waals surface area contributed by atoms with Crippen LogP contribution in [-0.4, -0.2) is 43.1 Å². The van der Waals surface area contributed by atoms with Crippen LogP contribution in [0.5, 0.6) is 0 Å². The number of fused-ring (bicyclic) bond motifs is 2. The van der Waals surface area contributed by atoms with Crippen LogP contribution in [0.15, 0.2) is 48.7 Å². The number of carbonyl (C=O) groups is 1. The van der Waals surface area contributed by atoms with Gasteiger partial charge in [0.15, 0.2) is 0 Å². The maximum Gasteiger partial charge on any atom is 0.270 e. The number of anilines is 1. The van der Waals surface area contributed by atoms with Crippen LogP contribution >= 0.6 is 0 Å². The molecule has 150 valence electrons. The van der Waals surface area contributed by atoms with Crippen LogP contribution in [0.4, 0.5) is 11.4 Å². The lowest BCUT2D eigenvalue weighted by Crippen LogP contribution is -2.36. The number of amides is 1. The van der Waals surface area contributed by atoms with Gasteiger partial charge in [-0.05, 0) is 24.1 Å². The number of non-ortho nitro benzene ring substituents is 1. The second-order valence-electron chi connectivity index (χ2n) is 6.71. The Morgan fingerprint density at radius 3 is 2.83 bits per heavy atom. The van der Waals surface area contributed by atoms with Gasteiger partial charge in [-0.1, -0.05) is 18.2 Å². The van der Waals surface area contributed by atoms with E-state index in [1.807, 2.05) is 12.1 Å². The molecule has 2 heterocycles. The fourth-order valence-electron chi connectivity index (χ4n) is 3.51. The van der Waals surface area contributed by atoms with E-state index in [0.29, 0.717) is 29.6 Å². The van der Waals surface area contributed by atoms with Gasteiger partial charge in [0, 0.05) is 42.3 Å². The second-order valence-corrected chi connectivity index (χ2v) is 8.72. The lowest BCUT2D eigenvalue weighted by Gasteiger charge is -2.19. The van der Waals surface area contributed by atoms with Gasteiger partial charge in [0.1, 0.15) is 0 Å². The van der Waals surface area contributed by atoms with Crippen molar-refractivity contribution in [3.8, 4) is 0 Å². The first-order chi connectivity index (χ1) is 13.9. The standard InChI is InChI=1S/C19H18N4O5S/c24-19(16-12-21-17-6-5-14(23(25)26)11-15(16)17)20-8-10-29(27,28)22-9-7-13-3-1-2-4-18(13)22/h1-6,11-12,21H,7-10H2,(H,20,24). The SMILES string of the molecule is O=C(NCCS(=O)(=O)N1CCc2ccccc21)c1c[nH]c2ccc([N+](=O)[O-])cc12. The zero-order valence-electron chi connectivity index (χ0n) is 15.3. The number of rotatable bonds is 6. The number of aromatic nitrogens is 1. The van der Waals surface area contributed by atoms with E-state index in [2.05, 4.69) is 10.3 Å². The van der Waals surface area contributed by atoms with E-state index in [0.717, 1.165) is 5.56 Å². The van der Waals surface area contributed by atoms with E-state index in [4.69, 9.17) is 0 Å². The summed E-state index contributed by atoms with van der Waals surface area (Å²) in [5, 5.41) is 14.0. The number of para-hydroxylation sites is 1. The highest BCUT2D eigenvalue weighted by molar-refractivity contribution is 7.92. The number of hydrogen-bond donors (Lipinski definition) is 2. The van der Waals surface area contributed by atoms with Crippen LogP contribution in [0.25, 0.3) is 10.9 Å². The van der Waals surface area contributed by atoms with Gasteiger partial charge in [-0.25, -0.2) is 8.42 Å². The van der Waals surface area contributed by atoms with Gasteiger partial charge in [-0.3, -0.25) is 19.2 Å². The number of nitrogens with one attached hydrogen (secondary N) is 2. The summed E-state index contributed by atoms with van der Waals surface area (Å²) in [5.41, 5.74) is 2.36. The van der Waals surface area contributed by atoms with Crippen LogP contribution in [0.3, 0.4) is 0 Å². The molecule has 0 unspecified atom stereocenters. The van der Waals surface area contributed by atoms with Crippen molar-refractivity contribution in [3.05, 3.63) is 69.9 Å². The Balaban J connectivity index is 1.45. The topological polar surface area (TPSA) is 125 Å². The minimum absolute atomic E-state index is 0.0680. The van der Waals surface area contributed by atoms with E-state index in [-0.39, 0.29) is 23.5 Å². The van der Waals surface area contributed by atoms with Gasteiger partial charge in [0.25, 0.3) is 11.6 Å². The summed E-state index contributed by atoms with van der Waals surface area (Å²) in [4.78, 5) is 25.8. The molecule has 2 N–H and O–H groups in total. The Kier molecular flexibility index (Phi) is 4.71. The zero-order chi connectivity index (χ0) is 20.6. The van der Waals surface area contributed by atoms with Crippen molar-refractivity contribution in [3.63, 3.8) is 0 Å². The van der Waals surface area contributed by atoms with Gasteiger partial charge in [-0.15, -0.1) is 0 Å². The second kappa shape index (κ2) is 7.21. The summed E-state index contributed by atoms with van der Waals surface area (Å²) in [5.74, 6) is -0.732. The lowest BCUT2D eigenvalue weighted by atomic mass is 10.1. The Bertz CT molecular complexity index is 1220. The average molecular weight is 414 g/mol. The molecule has 0 bridgehead atoms. The highest BCUT2D eigenvalue weighted by Gasteiger charge is 2.28. The number of carbonyl (C=O) groups excluding carboxylic acids is 1. The van der Waals surface area contributed by atoms with E-state index < -0.39 is 20.9 Å². The minimum atomic E-state index is -3.58. The van der Waals surface area contributed by atoms with E-state index in [1.165, 1.54) is 28.7 Å². The first-order valence-electron chi connectivity index (χ1n) is 8.99. The number of H-pyrrole nitrogens is 1. The predicted octanol–water partition coefficient (Wildman–Crippen LogP) is 2.20. The predicted molar refractivity (Wildman–Crippen MR) is 109 cm³/mol. The number of nitrogens with zero attached hydrogens (tertiary/aromatic N) is 2. The first-order valence-corrected chi connectivity index (χ1v) is 10.6. The average Bonchev–Trinajstić information content (AvgIpc) is 3.31. The maximum atomic E-state index is 12.7. The molecule has 0 fully saturated rings. The molecular weight excluding hydrogens is 396 g/mol. The largest absolute Gasteiger partial charge is 0.360 e. The van der Waals surface area contributed by atoms with Crippen LogP contribution in [0.2, 0.25) is 0 Å². The molecule has 0 spiro atoms. The van der Waals surface area contributed by atoms with Crippen molar-refractivity contribution in [1.82, 2.24) is 10.3 Å². The highest BCUT2D eigenvalue weighted by Crippen LogP contribution is 2.30. The van der Waals surface area contributed by atoms with Gasteiger partial charge in [0.2, 0.25) is 10.0 Å². The molecule has 10 heteroatoms. The van der Waals surface area contributed by atoms with Crippen molar-refractivity contribution in [2.24, 2.45) is 0 Å². The molecule has 0 saturated carbocycles. The fourth-order valence-corrected chi connectivity index (χ4v) is 4.93. The molecule has 1 aromatic heterocycles. The molecule has 2 aromatic carbocycles. The normalized spacial score (nSPS) is 13.4. The third-order valence-electron chi connectivity index (χ3n) is 4.95. The Morgan fingerprint density at radius 2 is 2.03 bits per heavy atom. The molecule has 3 aromatic rings. The Morgan fingerprint density at radius 1 is 1.24 bits per heavy atom. The molecule has 29 heavy (non-hydrogen) atoms. The number of aromatic amines is 1. The van der Waals surface area contributed by atoms with Crippen LogP contribution in [-0.2, 0) is 16.4 Å². The third-order valence-corrected chi connectivity index (χ3v) is 6.72. The smallest absolute Gasteiger partial charge is 0.270 e. The highest BCUT2D eigenvalue weighted by atomic mass is 32.2. The van der Waals surface area contributed by atoms with Crippen molar-refractivity contribution in [1.29, 1.82) is 0 Å². The monoisotopic (exact) mass is 414 g/mol. The Hall–Kier alpha value is -3.40. The molecular formula is C19H18N4O5S. The summed E-state index contributed by atoms with van der Waals surface area (Å²) in [6.45, 7) is 0.323. The molecule has 0 radical (unpaired) electrons. The van der Waals surface area contributed by atoms with E-state index >= 15 is 0 Å². The van der Waals surface area contributed by atoms with Crippen molar-refractivity contribution in [2.45, 2.75) is 6.42 Å². The molecule has 9 nitrogen and oxygen atoms in total. The number of nitro benzene ring substituents is 1. The molecule has 1 aliphatic heterocycles. The van der Waals surface area contributed by atoms with Crippen molar-refractivity contribution >= 4 is 38.2 Å². The summed E-state index contributed by atoms with van der Waals surface area (Å²) in [6, 6.07) is 11.5. The van der Waals surface area contributed by atoms with Crippen LogP contribution in [0.1, 0.15) is 15.9 Å². The van der Waals surface area contributed by atoms with Crippen LogP contribution in [0, 0.1) is 10.1 Å². The van der Waals surface area contributed by atoms with Crippen LogP contribution < -0.4 is 9.62 Å². The number of sulfonamides is 1. The first kappa shape index (κ1) is 18.9. The number of nitro groups is 1. The third kappa shape index (κ3) is 3.54. The number of hydrogen-bond acceptors (Lipinski definition) is 5. The van der Waals surface area contributed by atoms with Gasteiger partial charge in [0.05, 0.1) is 21.9 Å². The minimum Gasteiger partial charge on any atom is -0.360 e. The van der Waals surface area contributed by atoms with Crippen molar-refractivity contribution < 1.29 is 18.1 Å². The maximum absolute atomic E-state index is 12.7. The molecule has 0 saturated heterocycles. The Labute approximate surface area is 166 Å². The van der Waals surface area contributed by atoms with Gasteiger partial charge >= 0.3 is 0 Å². The van der Waals surface area contributed by atoms with Gasteiger partial charge < -0.3 is 10.3 Å². The van der Waals surface area contributed by atoms with E-state index in [9.17, 15) is 23.3 Å². The lowest BCUT2D eigenvalue weighted by molar-refractivity contribution is -0.384. The number of benzene rings is 2. The van der Waals surface area contributed by atoms with Crippen molar-refractivity contribution in [2.75, 3.05) is 23.1 Å². The summed E-state index contributed by atoms with van der Waals surface area (Å²) < 4.78 is 26.8. The molecule has 1 amide bonds. The zero-order valence-corrected chi connectivity index (χ0v) is 16.1. The quantitative estimate of drug-likeness (QED) is 0.472. The summed E-state index contributed by atoms with van der Waals surface area (Å²) in [6.07, 6.45) is 2.12. The van der Waals surface area contributed by atoms with E-state index in [1.54, 1.807) is 12.1 Å². The molecule has 4 rings (SSSR count). The molecule has 0 aliphatic carbocycles. The molecule has 0 atom stereocenters. The summed E-state index contributed by atoms with van der Waals surface area (Å²) >= 11 is 0.